The fourth-order valence-corrected chi connectivity index (χ4v) is 17.4. The van der Waals surface area contributed by atoms with Crippen LogP contribution in [-0.4, -0.2) is 260 Å². The number of carbonyl (C=O) groups is 19. The Morgan fingerprint density at radius 1 is 0.640 bits per heavy atom. The van der Waals surface area contributed by atoms with E-state index in [1.165, 1.54) is 45.5 Å². The second-order valence-corrected chi connectivity index (χ2v) is 37.1. The fraction of sp³-hybridized carbons (Fsp3) is 0.570. The highest BCUT2D eigenvalue weighted by Crippen LogP contribution is 2.35. The molecule has 1 aromatic heterocycles. The molecule has 750 valence electrons. The molecule has 0 saturated carbocycles. The summed E-state index contributed by atoms with van der Waals surface area (Å²) in [5.74, 6) is -15.2. The zero-order chi connectivity index (χ0) is 101. The standard InChI is InChI=1S/C47H71N5O11S.C46H61N7O17S2/c1-10-15-43(57)62-28-52(46(59)36(30(6)11-2)24-40(55)38-16-13-14-21-51(38)9)39(29(4)5)25-42(63-32(8)53)45-50-37(27-64-45)44(58)49-34(23-33-17-19-35(54)20-18-33)22-31(7)41(56)26-48-47(60)61-12-3;1-2-71-72-25-30(44(65)66)22-36(56)34(23-41(61)62)51-43(64)31(47)24-49-42(63)29(19-27-9-5-3-6-10-27)21-35(55)33(20-28-11-7-4-8-12-28)50-38(58)17-18-48-37(57)14-13-32(45(67)68)52-46(69)53-39(70-26-54)15-16-40(59)60/h17-20,27,29-31,34,36,38-39,42,54H,10-16,21-26,28H2,1-9H3,(H,48,60)(H,49,58);3-12,26,29-34,39H,2,13-25,47H2,1H3,(H,48,57)(H,49,63)(H,50,58)(H,51,64)(H,59,60)(H,61,62)(H,65,66)(H,67,68)(H2,52,53,69)/t30?,31-,34+,36-,38+,39+,42+;29-,30-,31+,32+,33+,34+,39-/m01/s1. The number of aliphatic carboxylic acids is 4. The van der Waals surface area contributed by atoms with Gasteiger partial charge in [-0.05, 0) is 113 Å². The first-order valence-electron chi connectivity index (χ1n) is 45.3. The Kier molecular flexibility index (Phi) is 53.6. The van der Waals surface area contributed by atoms with Crippen LogP contribution in [-0.2, 0) is 115 Å². The Hall–Kier alpha value is -12.0. The monoisotopic (exact) mass is 1960 g/mol. The zero-order valence-electron chi connectivity index (χ0n) is 78.5. The summed E-state index contributed by atoms with van der Waals surface area (Å²) in [6, 6.07) is 15.2. The van der Waals surface area contributed by atoms with Crippen molar-refractivity contribution in [3.63, 3.8) is 0 Å². The van der Waals surface area contributed by atoms with Gasteiger partial charge in [-0.3, -0.25) is 81.6 Å². The van der Waals surface area contributed by atoms with E-state index in [2.05, 4.69) is 57.2 Å². The number of hydrogen-bond acceptors (Lipinski definition) is 30. The molecule has 43 heteroatoms. The van der Waals surface area contributed by atoms with Crippen molar-refractivity contribution < 1.29 is 136 Å². The smallest absolute Gasteiger partial charge is 0.407 e. The third-order valence-corrected chi connectivity index (χ3v) is 25.8. The van der Waals surface area contributed by atoms with E-state index < -0.39 is 206 Å². The Labute approximate surface area is 802 Å². The highest BCUT2D eigenvalue weighted by Gasteiger charge is 2.41. The molecule has 1 saturated heterocycles. The van der Waals surface area contributed by atoms with Gasteiger partial charge < -0.3 is 97.6 Å². The van der Waals surface area contributed by atoms with E-state index in [9.17, 15) is 112 Å². The lowest BCUT2D eigenvalue weighted by molar-refractivity contribution is -0.162. The number of phenols is 1. The highest BCUT2D eigenvalue weighted by atomic mass is 33.1. The highest BCUT2D eigenvalue weighted by molar-refractivity contribution is 8.76. The molecule has 1 fully saturated rings. The number of hydrogen-bond donors (Lipinski definition) is 14. The van der Waals surface area contributed by atoms with Crippen molar-refractivity contribution in [3.05, 3.63) is 118 Å². The minimum Gasteiger partial charge on any atom is -0.508 e. The molecule has 9 amide bonds. The number of amides is 9. The summed E-state index contributed by atoms with van der Waals surface area (Å²) >= 11 is 1.11. The number of carboxylic acid groups (broad SMARTS) is 4. The van der Waals surface area contributed by atoms with Crippen LogP contribution in [0.3, 0.4) is 0 Å². The van der Waals surface area contributed by atoms with Crippen LogP contribution in [0, 0.1) is 35.5 Å². The molecule has 1 aliphatic heterocycles. The summed E-state index contributed by atoms with van der Waals surface area (Å²) in [7, 11) is 4.56. The predicted molar refractivity (Wildman–Crippen MR) is 502 cm³/mol. The third kappa shape index (κ3) is 44.2. The van der Waals surface area contributed by atoms with Gasteiger partial charge in [0.05, 0.1) is 50.0 Å². The number of ether oxygens (including phenoxy) is 4. The first kappa shape index (κ1) is 116. The van der Waals surface area contributed by atoms with Crippen LogP contribution in [0.5, 0.6) is 5.75 Å². The van der Waals surface area contributed by atoms with E-state index in [1.807, 2.05) is 48.6 Å². The molecule has 1 unspecified atom stereocenters. The number of alkyl carbamates (subject to hydrolysis) is 1. The molecular weight excluding hydrogens is 1830 g/mol. The van der Waals surface area contributed by atoms with Crippen molar-refractivity contribution in [1.82, 2.24) is 57.3 Å². The average molecular weight is 1960 g/mol. The van der Waals surface area contributed by atoms with Crippen molar-refractivity contribution in [2.45, 2.75) is 245 Å². The minimum absolute atomic E-state index is 0.00120. The number of carbonyl (C=O) groups excluding carboxylic acids is 15. The molecule has 136 heavy (non-hydrogen) atoms. The van der Waals surface area contributed by atoms with Crippen LogP contribution in [0.2, 0.25) is 0 Å². The molecule has 2 heterocycles. The molecular formula is C93H132N12O28S3. The van der Waals surface area contributed by atoms with Crippen molar-refractivity contribution in [2.75, 3.05) is 58.1 Å². The van der Waals surface area contributed by atoms with Gasteiger partial charge in [-0.2, -0.15) is 0 Å². The lowest BCUT2D eigenvalue weighted by Gasteiger charge is -2.39. The Morgan fingerprint density at radius 3 is 1.88 bits per heavy atom. The average Bonchev–Trinajstić information content (AvgIpc) is 1.57. The summed E-state index contributed by atoms with van der Waals surface area (Å²) in [5.41, 5.74) is 8.23. The van der Waals surface area contributed by atoms with Gasteiger partial charge in [0.2, 0.25) is 29.5 Å². The number of ketones is 4. The van der Waals surface area contributed by atoms with E-state index in [0.29, 0.717) is 41.1 Å². The van der Waals surface area contributed by atoms with Crippen LogP contribution in [0.15, 0.2) is 90.3 Å². The summed E-state index contributed by atoms with van der Waals surface area (Å²) < 4.78 is 21.0. The van der Waals surface area contributed by atoms with Gasteiger partial charge in [0.1, 0.15) is 28.5 Å². The molecule has 0 bridgehead atoms. The lowest BCUT2D eigenvalue weighted by atomic mass is 9.82. The second-order valence-electron chi connectivity index (χ2n) is 33.4. The van der Waals surface area contributed by atoms with Gasteiger partial charge in [-0.25, -0.2) is 19.4 Å². The summed E-state index contributed by atoms with van der Waals surface area (Å²) in [6.45, 7) is 15.7. The number of piperidine rings is 1. The summed E-state index contributed by atoms with van der Waals surface area (Å²) in [6.07, 6.45) is -2.22. The van der Waals surface area contributed by atoms with Crippen LogP contribution in [0.4, 0.5) is 9.59 Å². The number of urea groups is 1. The number of nitrogens with zero attached hydrogens (tertiary/aromatic N) is 3. The van der Waals surface area contributed by atoms with Crippen LogP contribution in [0.25, 0.3) is 0 Å². The van der Waals surface area contributed by atoms with Crippen molar-refractivity contribution in [1.29, 1.82) is 0 Å². The molecule has 15 N–H and O–H groups in total. The van der Waals surface area contributed by atoms with Crippen molar-refractivity contribution >= 4 is 146 Å². The van der Waals surface area contributed by atoms with Crippen LogP contribution >= 0.6 is 32.9 Å². The number of esters is 2. The molecule has 0 aliphatic carbocycles. The molecule has 0 radical (unpaired) electrons. The maximum absolute atomic E-state index is 14.9. The number of thiazole rings is 1. The largest absolute Gasteiger partial charge is 0.508 e. The first-order chi connectivity index (χ1) is 64.6. The van der Waals surface area contributed by atoms with Crippen molar-refractivity contribution in [3.8, 4) is 5.75 Å². The molecule has 3 aromatic carbocycles. The number of aromatic nitrogens is 1. The van der Waals surface area contributed by atoms with Crippen LogP contribution < -0.4 is 48.3 Å². The number of phenolic OH excluding ortho intramolecular Hbond substituents is 1. The van der Waals surface area contributed by atoms with Gasteiger partial charge in [-0.15, -0.1) is 11.3 Å². The third-order valence-electron chi connectivity index (χ3n) is 22.3. The van der Waals surface area contributed by atoms with Crippen molar-refractivity contribution in [2.24, 2.45) is 41.2 Å². The van der Waals surface area contributed by atoms with Gasteiger partial charge in [-0.1, -0.05) is 156 Å². The molecule has 0 spiro atoms. The number of rotatable bonds is 63. The topological polar surface area (TPSA) is 604 Å². The summed E-state index contributed by atoms with van der Waals surface area (Å²) in [4.78, 5) is 250. The van der Waals surface area contributed by atoms with Gasteiger partial charge in [0.25, 0.3) is 12.4 Å². The number of likely N-dealkylation sites (N-methyl/N-ethyl adjacent to an activating group) is 1. The van der Waals surface area contributed by atoms with E-state index in [0.717, 1.165) is 42.7 Å². The maximum atomic E-state index is 14.9. The Bertz CT molecular complexity index is 4590. The molecule has 1 aliphatic rings. The summed E-state index contributed by atoms with van der Waals surface area (Å²) in [5, 5.41) is 68.8. The van der Waals surface area contributed by atoms with Gasteiger partial charge >= 0.3 is 47.9 Å². The fourth-order valence-electron chi connectivity index (χ4n) is 14.6. The number of likely N-dealkylation sites (tertiary alicyclic amines) is 1. The second kappa shape index (κ2) is 62.6. The number of Topliss-reactive ketones (excluding diaryl/α,β-unsaturated/α-hetero) is 4. The lowest BCUT2D eigenvalue weighted by Crippen LogP contribution is -2.53. The Morgan fingerprint density at radius 2 is 1.29 bits per heavy atom. The van der Waals surface area contributed by atoms with Gasteiger partial charge in [0, 0.05) is 118 Å². The quantitative estimate of drug-likeness (QED) is 0.00519. The minimum atomic E-state index is -1.62. The zero-order valence-corrected chi connectivity index (χ0v) is 80.9. The SMILES string of the molecule is CCCC(=O)OCN(C(=O)[C@@H](CC(=O)[C@H]1CCCCN1C)C(C)CC)[C@H](C[C@@H](OC(C)=O)c1nc(C(=O)N[C@@H](Cc2ccc(O)cc2)C[C@H](C)C(=O)CNC(=O)OCC)cs1)C(C)C.CCSSC[C@@H](CC(=O)[C@H](CC(=O)O)NC(=O)[C@@H](N)CNC(=O)[C@@H](CC(=O)[C@H](Cc1ccccc1)NC(=O)CCNC(=O)CC[C@H](NC(=O)N[C@@H](CCC(=O)O)OC=O)C(=O)O)Cc1ccccc1)C(=O)O. The van der Waals surface area contributed by atoms with E-state index in [4.69, 9.17) is 25.1 Å². The number of benzene rings is 3. The molecule has 4 aromatic rings. The number of nitrogens with one attached hydrogen (secondary N) is 8. The van der Waals surface area contributed by atoms with Gasteiger partial charge in [0.15, 0.2) is 42.2 Å². The molecule has 14 atom stereocenters. The maximum Gasteiger partial charge on any atom is 0.407 e. The van der Waals surface area contributed by atoms with E-state index in [-0.39, 0.29) is 137 Å². The number of carboxylic acids is 4. The number of nitrogens with two attached hydrogens (primary N) is 1. The van der Waals surface area contributed by atoms with E-state index in [1.54, 1.807) is 92.0 Å². The first-order valence-corrected chi connectivity index (χ1v) is 48.6. The number of aromatic hydroxyl groups is 1. The van der Waals surface area contributed by atoms with E-state index >= 15 is 0 Å². The van der Waals surface area contributed by atoms with Crippen LogP contribution in [0.1, 0.15) is 210 Å². The Balaban J connectivity index is 0.000000572. The molecule has 40 nitrogen and oxygen atoms in total. The predicted octanol–water partition coefficient (Wildman–Crippen LogP) is 7.18. The normalized spacial score (nSPS) is 15.2. The molecule has 5 rings (SSSR count).